The van der Waals surface area contributed by atoms with E-state index in [1.807, 2.05) is 11.8 Å². The molecule has 3 atom stereocenters. The third-order valence-corrected chi connectivity index (χ3v) is 8.02. The van der Waals surface area contributed by atoms with E-state index in [1.54, 1.807) is 7.05 Å². The lowest BCUT2D eigenvalue weighted by atomic mass is 9.92. The van der Waals surface area contributed by atoms with Gasteiger partial charge in [-0.1, -0.05) is 18.8 Å². The van der Waals surface area contributed by atoms with E-state index >= 15 is 0 Å². The van der Waals surface area contributed by atoms with Gasteiger partial charge in [-0.3, -0.25) is 4.79 Å². The molecule has 1 fully saturated rings. The van der Waals surface area contributed by atoms with Gasteiger partial charge < -0.3 is 20.3 Å². The summed E-state index contributed by atoms with van der Waals surface area (Å²) in [5.74, 6) is 5.17. The fraction of sp³-hybridized carbons (Fsp3) is 0.429. The quantitative estimate of drug-likeness (QED) is 0.313. The fourth-order valence-electron chi connectivity index (χ4n) is 4.97. The number of rotatable bonds is 7. The van der Waals surface area contributed by atoms with Gasteiger partial charge in [0.05, 0.1) is 48.4 Å². The molecule has 1 aliphatic rings. The van der Waals surface area contributed by atoms with Crippen molar-refractivity contribution in [1.29, 1.82) is 0 Å². The molecular formula is C28H31F4N5O4S. The number of likely N-dealkylation sites (tertiary alicyclic amines) is 1. The number of ether oxygens (including phenoxy) is 1. The molecule has 0 aliphatic carbocycles. The van der Waals surface area contributed by atoms with Crippen LogP contribution in [0.2, 0.25) is 0 Å². The number of pyridine rings is 1. The number of nitrogens with zero attached hydrogens (tertiary/aromatic N) is 3. The molecule has 4 rings (SSSR count). The van der Waals surface area contributed by atoms with Gasteiger partial charge >= 0.3 is 6.18 Å². The van der Waals surface area contributed by atoms with Crippen LogP contribution in [0.4, 0.5) is 23.2 Å². The van der Waals surface area contributed by atoms with Crippen LogP contribution in [0.3, 0.4) is 0 Å². The number of anilines is 1. The number of fused-ring (bicyclic) bond motifs is 1. The SMILES string of the molecule is COc1ccc(S(C)(=O)=O)cc1NCC#Cc1cc(C(=O)N[C@@H]2[C@@H](C)CN(C)C[C@@H]2F)n2ncc(CC(F)(F)F)c2c1. The van der Waals surface area contributed by atoms with Gasteiger partial charge in [0.15, 0.2) is 9.84 Å². The minimum Gasteiger partial charge on any atom is -0.495 e. The smallest absolute Gasteiger partial charge is 0.393 e. The van der Waals surface area contributed by atoms with Crippen molar-refractivity contribution in [1.82, 2.24) is 19.8 Å². The first kappa shape index (κ1) is 31.1. The summed E-state index contributed by atoms with van der Waals surface area (Å²) < 4.78 is 84.8. The average molecular weight is 610 g/mol. The van der Waals surface area contributed by atoms with Crippen molar-refractivity contribution < 1.29 is 35.5 Å². The summed E-state index contributed by atoms with van der Waals surface area (Å²) in [6.07, 6.45) is -4.97. The molecule has 3 heterocycles. The summed E-state index contributed by atoms with van der Waals surface area (Å²) in [5, 5.41) is 9.70. The molecule has 0 unspecified atom stereocenters. The second kappa shape index (κ2) is 12.2. The molecule has 1 saturated heterocycles. The number of benzene rings is 1. The van der Waals surface area contributed by atoms with Gasteiger partial charge in [-0.25, -0.2) is 17.3 Å². The van der Waals surface area contributed by atoms with Crippen LogP contribution in [0.1, 0.15) is 28.5 Å². The number of amides is 1. The van der Waals surface area contributed by atoms with Crippen LogP contribution in [-0.2, 0) is 16.3 Å². The van der Waals surface area contributed by atoms with Gasteiger partial charge in [0.2, 0.25) is 0 Å². The van der Waals surface area contributed by atoms with Crippen LogP contribution in [0.25, 0.3) is 5.52 Å². The lowest BCUT2D eigenvalue weighted by molar-refractivity contribution is -0.127. The Bertz CT molecular complexity index is 1630. The zero-order valence-electron chi connectivity index (χ0n) is 23.4. The maximum atomic E-state index is 14.8. The van der Waals surface area contributed by atoms with Gasteiger partial charge in [-0.2, -0.15) is 18.3 Å². The number of halogens is 4. The maximum absolute atomic E-state index is 14.8. The minimum atomic E-state index is -4.51. The number of hydrogen-bond donors (Lipinski definition) is 2. The highest BCUT2D eigenvalue weighted by Gasteiger charge is 2.35. The molecule has 0 saturated carbocycles. The van der Waals surface area contributed by atoms with Gasteiger partial charge in [-0.05, 0) is 43.3 Å². The predicted molar refractivity (Wildman–Crippen MR) is 149 cm³/mol. The lowest BCUT2D eigenvalue weighted by Gasteiger charge is -2.37. The number of aromatic nitrogens is 2. The van der Waals surface area contributed by atoms with E-state index in [0.717, 1.165) is 17.0 Å². The molecule has 1 amide bonds. The first-order chi connectivity index (χ1) is 19.7. The van der Waals surface area contributed by atoms with E-state index in [4.69, 9.17) is 4.74 Å². The second-order valence-corrected chi connectivity index (χ2v) is 12.4. The average Bonchev–Trinajstić information content (AvgIpc) is 3.28. The highest BCUT2D eigenvalue weighted by molar-refractivity contribution is 7.90. The highest BCUT2D eigenvalue weighted by Crippen LogP contribution is 2.28. The summed E-state index contributed by atoms with van der Waals surface area (Å²) in [6, 6.07) is 6.32. The van der Waals surface area contributed by atoms with E-state index in [0.29, 0.717) is 18.0 Å². The number of carbonyl (C=O) groups excluding carboxylic acids is 1. The summed E-state index contributed by atoms with van der Waals surface area (Å²) in [6.45, 7) is 2.53. The highest BCUT2D eigenvalue weighted by atomic mass is 32.2. The summed E-state index contributed by atoms with van der Waals surface area (Å²) in [5.41, 5.74) is 0.439. The van der Waals surface area contributed by atoms with E-state index in [-0.39, 0.29) is 46.2 Å². The topological polar surface area (TPSA) is 105 Å². The van der Waals surface area contributed by atoms with Crippen LogP contribution in [0, 0.1) is 17.8 Å². The second-order valence-electron chi connectivity index (χ2n) is 10.4. The molecule has 42 heavy (non-hydrogen) atoms. The van der Waals surface area contributed by atoms with Crippen molar-refractivity contribution in [3.05, 3.63) is 53.3 Å². The standard InChI is InChI=1S/C28H31F4N5O4S/c1-17-15-36(2)16-21(29)26(17)35-27(38)24-11-18(10-23-19(13-28(30,31)32)14-34-37(23)24)6-5-9-33-22-12-20(42(4,39)40)7-8-25(22)41-3/h7-8,10-12,14,17,21,26,33H,9,13,15-16H2,1-4H3,(H,35,38)/t17-,21-,26+/m0/s1. The van der Waals surface area contributed by atoms with E-state index in [2.05, 4.69) is 27.6 Å². The van der Waals surface area contributed by atoms with Crippen molar-refractivity contribution in [3.63, 3.8) is 0 Å². The molecule has 2 aromatic heterocycles. The van der Waals surface area contributed by atoms with E-state index in [1.165, 1.54) is 37.4 Å². The molecular weight excluding hydrogens is 578 g/mol. The van der Waals surface area contributed by atoms with Crippen LogP contribution in [0.15, 0.2) is 41.4 Å². The monoisotopic (exact) mass is 609 g/mol. The van der Waals surface area contributed by atoms with Crippen molar-refractivity contribution in [2.45, 2.75) is 36.6 Å². The zero-order chi connectivity index (χ0) is 30.8. The number of carbonyl (C=O) groups is 1. The number of hydrogen-bond acceptors (Lipinski definition) is 7. The Morgan fingerprint density at radius 2 is 1.95 bits per heavy atom. The molecule has 1 aliphatic heterocycles. The van der Waals surface area contributed by atoms with Crippen LogP contribution >= 0.6 is 0 Å². The zero-order valence-corrected chi connectivity index (χ0v) is 24.2. The van der Waals surface area contributed by atoms with Crippen molar-refractivity contribution >= 4 is 26.9 Å². The normalized spacial score (nSPS) is 19.7. The van der Waals surface area contributed by atoms with Gasteiger partial charge in [0.25, 0.3) is 5.91 Å². The molecule has 0 spiro atoms. The molecule has 0 bridgehead atoms. The Hall–Kier alpha value is -3.83. The van der Waals surface area contributed by atoms with E-state index in [9.17, 15) is 30.8 Å². The van der Waals surface area contributed by atoms with Crippen LogP contribution < -0.4 is 15.4 Å². The van der Waals surface area contributed by atoms with Crippen molar-refractivity contribution in [3.8, 4) is 17.6 Å². The molecule has 1 aromatic carbocycles. The maximum Gasteiger partial charge on any atom is 0.393 e. The molecule has 0 radical (unpaired) electrons. The first-order valence-corrected chi connectivity index (χ1v) is 14.9. The molecule has 14 heteroatoms. The Balaban J connectivity index is 1.65. The fourth-order valence-corrected chi connectivity index (χ4v) is 5.62. The third kappa shape index (κ3) is 7.32. The minimum absolute atomic E-state index is 0.0155. The Labute approximate surface area is 241 Å². The third-order valence-electron chi connectivity index (χ3n) is 6.91. The number of nitrogens with one attached hydrogen (secondary N) is 2. The largest absolute Gasteiger partial charge is 0.495 e. The molecule has 9 nitrogen and oxygen atoms in total. The Morgan fingerprint density at radius 3 is 2.60 bits per heavy atom. The number of sulfone groups is 1. The van der Waals surface area contributed by atoms with Crippen molar-refractivity contribution in [2.75, 3.05) is 45.4 Å². The number of methoxy groups -OCH3 is 1. The predicted octanol–water partition coefficient (Wildman–Crippen LogP) is 3.33. The summed E-state index contributed by atoms with van der Waals surface area (Å²) >= 11 is 0. The summed E-state index contributed by atoms with van der Waals surface area (Å²) in [4.78, 5) is 15.2. The molecule has 2 N–H and O–H groups in total. The number of piperidine rings is 1. The Kier molecular flexibility index (Phi) is 9.03. The van der Waals surface area contributed by atoms with Crippen molar-refractivity contribution in [2.24, 2.45) is 5.92 Å². The lowest BCUT2D eigenvalue weighted by Crippen LogP contribution is -2.56. The van der Waals surface area contributed by atoms with Gasteiger partial charge in [0, 0.05) is 30.5 Å². The molecule has 226 valence electrons. The van der Waals surface area contributed by atoms with Crippen LogP contribution in [-0.4, -0.2) is 87.3 Å². The molecule has 3 aromatic rings. The first-order valence-electron chi connectivity index (χ1n) is 13.0. The van der Waals surface area contributed by atoms with E-state index < -0.39 is 40.6 Å². The van der Waals surface area contributed by atoms with Gasteiger partial charge in [-0.15, -0.1) is 0 Å². The van der Waals surface area contributed by atoms with Crippen LogP contribution in [0.5, 0.6) is 5.75 Å². The summed E-state index contributed by atoms with van der Waals surface area (Å²) in [7, 11) is -0.263. The Morgan fingerprint density at radius 1 is 1.21 bits per heavy atom. The van der Waals surface area contributed by atoms with Gasteiger partial charge in [0.1, 0.15) is 17.6 Å². The number of alkyl halides is 4.